The zero-order chi connectivity index (χ0) is 29.9. The van der Waals surface area contributed by atoms with E-state index in [4.69, 9.17) is 19.7 Å². The van der Waals surface area contributed by atoms with Crippen LogP contribution in [0, 0.1) is 11.8 Å². The van der Waals surface area contributed by atoms with Gasteiger partial charge in [-0.3, -0.25) is 14.5 Å². The average molecular weight is 593 g/mol. The molecule has 1 N–H and O–H groups in total. The van der Waals surface area contributed by atoms with Gasteiger partial charge in [-0.15, -0.1) is 0 Å². The summed E-state index contributed by atoms with van der Waals surface area (Å²) in [5.41, 5.74) is 1.43. The van der Waals surface area contributed by atoms with E-state index in [-0.39, 0.29) is 42.5 Å². The third-order valence-corrected chi connectivity index (χ3v) is 10.2. The lowest BCUT2D eigenvalue weighted by Crippen LogP contribution is -2.58. The van der Waals surface area contributed by atoms with Gasteiger partial charge in [-0.2, -0.15) is 0 Å². The summed E-state index contributed by atoms with van der Waals surface area (Å²) in [7, 11) is 0. The van der Waals surface area contributed by atoms with Crippen LogP contribution in [0.3, 0.4) is 0 Å². The van der Waals surface area contributed by atoms with Crippen LogP contribution in [0.1, 0.15) is 102 Å². The molecular formula is C33H44N4O6. The monoisotopic (exact) mass is 592 g/mol. The van der Waals surface area contributed by atoms with Crippen molar-refractivity contribution in [3.8, 4) is 0 Å². The van der Waals surface area contributed by atoms with E-state index in [9.17, 15) is 14.4 Å². The molecule has 5 atom stereocenters. The first-order chi connectivity index (χ1) is 20.9. The van der Waals surface area contributed by atoms with Gasteiger partial charge in [-0.25, -0.2) is 9.78 Å². The fourth-order valence-corrected chi connectivity index (χ4v) is 8.67. The Kier molecular flexibility index (Phi) is 9.12. The largest absolute Gasteiger partial charge is 0.479 e. The highest BCUT2D eigenvalue weighted by atomic mass is 16.6. The topological polar surface area (TPSA) is 123 Å². The molecule has 2 saturated carbocycles. The fraction of sp³-hybridized carbons (Fsp3) is 0.667. The van der Waals surface area contributed by atoms with Crippen LogP contribution in [-0.2, 0) is 19.2 Å². The van der Waals surface area contributed by atoms with Crippen molar-refractivity contribution >= 4 is 28.7 Å². The zero-order valence-electron chi connectivity index (χ0n) is 25.2. The predicted molar refractivity (Wildman–Crippen MR) is 162 cm³/mol. The van der Waals surface area contributed by atoms with Crippen LogP contribution in [-0.4, -0.2) is 68.5 Å². The summed E-state index contributed by atoms with van der Waals surface area (Å²) in [6.45, 7) is 1.31. The van der Waals surface area contributed by atoms with E-state index in [1.807, 2.05) is 28.8 Å². The molecular weight excluding hydrogens is 548 g/mol. The van der Waals surface area contributed by atoms with E-state index in [2.05, 4.69) is 10.1 Å². The number of hydrogen-bond acceptors (Lipinski definition) is 8. The van der Waals surface area contributed by atoms with Gasteiger partial charge in [-0.05, 0) is 75.8 Å². The van der Waals surface area contributed by atoms with Gasteiger partial charge in [0.15, 0.2) is 5.69 Å². The SMILES string of the molecule is CCOC(=O)CCC(=NOCC(=O)O)c1nc2ccccc2n(C2C[C@H]3CCC[C@@H](C2)N3C2CC3CCCC(C3)C2)c1=O. The standard InChI is InChI=1S/C33H44N4O6/c1-2-42-31(40)14-13-28(35-43-20-30(38)39)32-33(41)37(29-12-4-3-11-27(29)34-32)26-18-23-9-6-10-24(19-26)36(23)25-16-21-7-5-8-22(15-21)17-25/h3-4,11-12,21-26H,2,5-10,13-20H2,1H3,(H,38,39)/t21?,22?,23-,24+,25?,26?. The van der Waals surface area contributed by atoms with Crippen LogP contribution < -0.4 is 5.56 Å². The molecule has 10 heteroatoms. The third kappa shape index (κ3) is 6.49. The number of nitrogens with zero attached hydrogens (tertiary/aromatic N) is 4. The van der Waals surface area contributed by atoms with Gasteiger partial charge in [-0.1, -0.05) is 43.0 Å². The number of carbonyl (C=O) groups is 2. The van der Waals surface area contributed by atoms with Gasteiger partial charge in [0.2, 0.25) is 6.61 Å². The summed E-state index contributed by atoms with van der Waals surface area (Å²) in [6, 6.07) is 9.25. The Bertz CT molecular complexity index is 1400. The molecule has 4 fully saturated rings. The first-order valence-corrected chi connectivity index (χ1v) is 16.3. The van der Waals surface area contributed by atoms with Crippen LogP contribution in [0.25, 0.3) is 11.0 Å². The lowest BCUT2D eigenvalue weighted by Gasteiger charge is -2.55. The molecule has 43 heavy (non-hydrogen) atoms. The number of carbonyl (C=O) groups excluding carboxylic acids is 1. The van der Waals surface area contributed by atoms with Crippen LogP contribution in [0.15, 0.2) is 34.2 Å². The summed E-state index contributed by atoms with van der Waals surface area (Å²) in [5, 5.41) is 13.1. The zero-order valence-corrected chi connectivity index (χ0v) is 25.2. The summed E-state index contributed by atoms with van der Waals surface area (Å²) >= 11 is 0. The summed E-state index contributed by atoms with van der Waals surface area (Å²) in [4.78, 5) is 50.3. The normalized spacial score (nSPS) is 29.3. The maximum absolute atomic E-state index is 14.3. The van der Waals surface area contributed by atoms with Crippen molar-refractivity contribution in [3.05, 3.63) is 40.3 Å². The molecule has 0 spiro atoms. The highest BCUT2D eigenvalue weighted by molar-refractivity contribution is 6.00. The molecule has 4 aliphatic rings. The van der Waals surface area contributed by atoms with Crippen molar-refractivity contribution in [2.24, 2.45) is 17.0 Å². The molecule has 6 rings (SSSR count). The Morgan fingerprint density at radius 2 is 1.63 bits per heavy atom. The van der Waals surface area contributed by atoms with Gasteiger partial charge < -0.3 is 19.2 Å². The molecule has 2 saturated heterocycles. The Hall–Kier alpha value is -3.27. The number of rotatable bonds is 10. The molecule has 232 valence electrons. The number of benzene rings is 1. The minimum atomic E-state index is -1.18. The van der Waals surface area contributed by atoms with Crippen molar-refractivity contribution in [3.63, 3.8) is 0 Å². The van der Waals surface area contributed by atoms with E-state index in [1.54, 1.807) is 6.92 Å². The Morgan fingerprint density at radius 1 is 0.930 bits per heavy atom. The first kappa shape index (κ1) is 29.8. The summed E-state index contributed by atoms with van der Waals surface area (Å²) in [6.07, 6.45) is 13.7. The molecule has 1 aromatic heterocycles. The molecule has 0 radical (unpaired) electrons. The minimum absolute atomic E-state index is 0.0139. The Labute approximate surface area is 252 Å². The number of carboxylic acid groups (broad SMARTS) is 1. The highest BCUT2D eigenvalue weighted by Crippen LogP contribution is 2.47. The molecule has 3 unspecified atom stereocenters. The maximum atomic E-state index is 14.3. The van der Waals surface area contributed by atoms with Gasteiger partial charge in [0, 0.05) is 30.6 Å². The Morgan fingerprint density at radius 3 is 2.33 bits per heavy atom. The van der Waals surface area contributed by atoms with E-state index < -0.39 is 18.5 Å². The molecule has 2 aliphatic carbocycles. The van der Waals surface area contributed by atoms with Crippen LogP contribution in [0.5, 0.6) is 0 Å². The average Bonchev–Trinajstić information content (AvgIpc) is 2.98. The van der Waals surface area contributed by atoms with Crippen molar-refractivity contribution in [2.75, 3.05) is 13.2 Å². The Balaban J connectivity index is 1.33. The molecule has 0 amide bonds. The van der Waals surface area contributed by atoms with Crippen molar-refractivity contribution in [1.82, 2.24) is 14.5 Å². The summed E-state index contributed by atoms with van der Waals surface area (Å²) < 4.78 is 6.99. The van der Waals surface area contributed by atoms with Gasteiger partial charge in [0.25, 0.3) is 5.56 Å². The molecule has 2 aromatic rings. The number of piperidine rings is 2. The van der Waals surface area contributed by atoms with E-state index in [0.717, 1.165) is 30.2 Å². The molecule has 3 heterocycles. The number of oxime groups is 1. The third-order valence-electron chi connectivity index (χ3n) is 10.2. The number of aliphatic carboxylic acids is 1. The molecule has 10 nitrogen and oxygen atoms in total. The predicted octanol–water partition coefficient (Wildman–Crippen LogP) is 5.07. The molecule has 4 bridgehead atoms. The van der Waals surface area contributed by atoms with Crippen molar-refractivity contribution < 1.29 is 24.3 Å². The fourth-order valence-electron chi connectivity index (χ4n) is 8.67. The number of aromatic nitrogens is 2. The number of ether oxygens (including phenoxy) is 1. The number of hydrogen-bond donors (Lipinski definition) is 1. The second-order valence-electron chi connectivity index (χ2n) is 13.0. The van der Waals surface area contributed by atoms with Gasteiger partial charge in [0.05, 0.1) is 24.1 Å². The van der Waals surface area contributed by atoms with Crippen LogP contribution >= 0.6 is 0 Å². The van der Waals surface area contributed by atoms with Gasteiger partial charge >= 0.3 is 11.9 Å². The smallest absolute Gasteiger partial charge is 0.344 e. The summed E-state index contributed by atoms with van der Waals surface area (Å²) in [5.74, 6) is 0.140. The molecule has 2 aliphatic heterocycles. The molecule has 1 aromatic carbocycles. The van der Waals surface area contributed by atoms with Crippen LogP contribution in [0.2, 0.25) is 0 Å². The number of para-hydroxylation sites is 2. The van der Waals surface area contributed by atoms with E-state index >= 15 is 0 Å². The minimum Gasteiger partial charge on any atom is -0.479 e. The number of esters is 1. The number of carboxylic acids is 1. The van der Waals surface area contributed by atoms with E-state index in [1.165, 1.54) is 57.8 Å². The van der Waals surface area contributed by atoms with Crippen molar-refractivity contribution in [1.29, 1.82) is 0 Å². The maximum Gasteiger partial charge on any atom is 0.344 e. The highest BCUT2D eigenvalue weighted by Gasteiger charge is 2.45. The second kappa shape index (κ2) is 13.2. The lowest BCUT2D eigenvalue weighted by molar-refractivity contribution is -0.143. The van der Waals surface area contributed by atoms with Gasteiger partial charge in [0.1, 0.15) is 5.71 Å². The quantitative estimate of drug-likeness (QED) is 0.230. The number of fused-ring (bicyclic) bond motifs is 5. The van der Waals surface area contributed by atoms with E-state index in [0.29, 0.717) is 23.6 Å². The first-order valence-electron chi connectivity index (χ1n) is 16.3. The van der Waals surface area contributed by atoms with Crippen LogP contribution in [0.4, 0.5) is 0 Å². The second-order valence-corrected chi connectivity index (χ2v) is 13.0. The van der Waals surface area contributed by atoms with Crippen molar-refractivity contribution in [2.45, 2.75) is 115 Å². The lowest BCUT2D eigenvalue weighted by atomic mass is 9.68.